The van der Waals surface area contributed by atoms with Gasteiger partial charge in [0.15, 0.2) is 5.65 Å². The zero-order valence-corrected chi connectivity index (χ0v) is 16.8. The molecule has 4 rings (SSSR count). The number of hydrogen-bond donors (Lipinski definition) is 1. The van der Waals surface area contributed by atoms with Crippen molar-refractivity contribution < 1.29 is 0 Å². The number of aromatic nitrogens is 3. The van der Waals surface area contributed by atoms with E-state index in [1.54, 1.807) is 0 Å². The topological polar surface area (TPSA) is 58.6 Å². The monoisotopic (exact) mass is 409 g/mol. The van der Waals surface area contributed by atoms with Gasteiger partial charge in [-0.3, -0.25) is 4.79 Å². The van der Waals surface area contributed by atoms with Gasteiger partial charge in [-0.1, -0.05) is 67.4 Å². The second-order valence-electron chi connectivity index (χ2n) is 6.85. The molecule has 0 aliphatic rings. The SMILES string of the molecule is CC(C)c1nc2nc(-c3ccccc3Cl)c(-c3ccc(Cl)cc3)cc2c(=O)[nH]1. The van der Waals surface area contributed by atoms with Crippen molar-refractivity contribution in [1.29, 1.82) is 0 Å². The Kier molecular flexibility index (Phi) is 4.92. The third kappa shape index (κ3) is 3.41. The molecule has 4 aromatic rings. The Morgan fingerprint density at radius 1 is 0.929 bits per heavy atom. The molecule has 4 nitrogen and oxygen atoms in total. The standard InChI is InChI=1S/C22H17Cl2N3O/c1-12(2)20-26-21-17(22(28)27-20)11-16(13-7-9-14(23)10-8-13)19(25-21)15-5-3-4-6-18(15)24/h3-12H,1-2H3,(H,25,26,27,28). The van der Waals surface area contributed by atoms with Crippen LogP contribution in [-0.4, -0.2) is 15.0 Å². The Balaban J connectivity index is 2.08. The number of benzene rings is 2. The highest BCUT2D eigenvalue weighted by Crippen LogP contribution is 2.36. The number of nitrogens with one attached hydrogen (secondary N) is 1. The molecule has 0 spiro atoms. The van der Waals surface area contributed by atoms with Gasteiger partial charge < -0.3 is 4.98 Å². The van der Waals surface area contributed by atoms with E-state index >= 15 is 0 Å². The molecule has 0 atom stereocenters. The zero-order chi connectivity index (χ0) is 19.8. The molecule has 28 heavy (non-hydrogen) atoms. The van der Waals surface area contributed by atoms with Crippen LogP contribution in [0.3, 0.4) is 0 Å². The molecule has 2 aromatic carbocycles. The van der Waals surface area contributed by atoms with E-state index in [2.05, 4.69) is 9.97 Å². The number of pyridine rings is 1. The van der Waals surface area contributed by atoms with Crippen molar-refractivity contribution in [2.24, 2.45) is 0 Å². The first-order valence-electron chi connectivity index (χ1n) is 8.90. The Hall–Kier alpha value is -2.69. The summed E-state index contributed by atoms with van der Waals surface area (Å²) in [7, 11) is 0. The van der Waals surface area contributed by atoms with Crippen LogP contribution in [0.5, 0.6) is 0 Å². The molecule has 6 heteroatoms. The van der Waals surface area contributed by atoms with Gasteiger partial charge >= 0.3 is 0 Å². The summed E-state index contributed by atoms with van der Waals surface area (Å²) in [6, 6.07) is 16.7. The number of aromatic amines is 1. The van der Waals surface area contributed by atoms with E-state index in [-0.39, 0.29) is 11.5 Å². The summed E-state index contributed by atoms with van der Waals surface area (Å²) in [6.45, 7) is 3.95. The Labute approximate surface area is 172 Å². The number of halogens is 2. The lowest BCUT2D eigenvalue weighted by molar-refractivity contribution is 0.774. The average Bonchev–Trinajstić information content (AvgIpc) is 2.68. The fraction of sp³-hybridized carbons (Fsp3) is 0.136. The maximum atomic E-state index is 12.7. The van der Waals surface area contributed by atoms with Crippen molar-refractivity contribution in [3.63, 3.8) is 0 Å². The first-order chi connectivity index (χ1) is 13.4. The quantitative estimate of drug-likeness (QED) is 0.445. The van der Waals surface area contributed by atoms with Crippen molar-refractivity contribution in [3.05, 3.63) is 80.8 Å². The molecular formula is C22H17Cl2N3O. The molecule has 0 unspecified atom stereocenters. The summed E-state index contributed by atoms with van der Waals surface area (Å²) in [5.41, 5.74) is 3.34. The number of nitrogens with zero attached hydrogens (tertiary/aromatic N) is 2. The Morgan fingerprint density at radius 3 is 2.32 bits per heavy atom. The number of hydrogen-bond acceptors (Lipinski definition) is 3. The summed E-state index contributed by atoms with van der Waals surface area (Å²) >= 11 is 12.5. The fourth-order valence-corrected chi connectivity index (χ4v) is 3.41. The van der Waals surface area contributed by atoms with Crippen molar-refractivity contribution in [2.75, 3.05) is 0 Å². The predicted octanol–water partition coefficient (Wildman–Crippen LogP) is 6.08. The van der Waals surface area contributed by atoms with Gasteiger partial charge in [-0.05, 0) is 29.8 Å². The van der Waals surface area contributed by atoms with Gasteiger partial charge in [-0.15, -0.1) is 0 Å². The summed E-state index contributed by atoms with van der Waals surface area (Å²) < 4.78 is 0. The van der Waals surface area contributed by atoms with E-state index in [4.69, 9.17) is 28.2 Å². The zero-order valence-electron chi connectivity index (χ0n) is 15.3. The van der Waals surface area contributed by atoms with Gasteiger partial charge in [0, 0.05) is 27.1 Å². The van der Waals surface area contributed by atoms with Crippen molar-refractivity contribution >= 4 is 34.2 Å². The second-order valence-corrected chi connectivity index (χ2v) is 7.69. The van der Waals surface area contributed by atoms with Gasteiger partial charge in [0.1, 0.15) is 5.82 Å². The highest BCUT2D eigenvalue weighted by atomic mass is 35.5. The molecule has 0 amide bonds. The van der Waals surface area contributed by atoms with Crippen LogP contribution in [0.2, 0.25) is 10.0 Å². The lowest BCUT2D eigenvalue weighted by Crippen LogP contribution is -2.14. The Morgan fingerprint density at radius 2 is 1.64 bits per heavy atom. The highest BCUT2D eigenvalue weighted by Gasteiger charge is 2.17. The molecule has 140 valence electrons. The van der Waals surface area contributed by atoms with E-state index in [1.165, 1.54) is 0 Å². The maximum absolute atomic E-state index is 12.7. The highest BCUT2D eigenvalue weighted by molar-refractivity contribution is 6.33. The molecule has 0 saturated heterocycles. The van der Waals surface area contributed by atoms with Crippen molar-refractivity contribution in [1.82, 2.24) is 15.0 Å². The number of fused-ring (bicyclic) bond motifs is 1. The molecular weight excluding hydrogens is 393 g/mol. The third-order valence-corrected chi connectivity index (χ3v) is 5.13. The molecule has 1 N–H and O–H groups in total. The van der Waals surface area contributed by atoms with Crippen LogP contribution >= 0.6 is 23.2 Å². The van der Waals surface area contributed by atoms with Gasteiger partial charge in [-0.25, -0.2) is 9.97 Å². The van der Waals surface area contributed by atoms with Crippen LogP contribution in [0.25, 0.3) is 33.4 Å². The normalized spacial score (nSPS) is 11.3. The Bertz CT molecular complexity index is 1230. The van der Waals surface area contributed by atoms with Crippen molar-refractivity contribution in [2.45, 2.75) is 19.8 Å². The first kappa shape index (κ1) is 18.7. The molecule has 2 aromatic heterocycles. The summed E-state index contributed by atoms with van der Waals surface area (Å²) in [6.07, 6.45) is 0. The molecule has 0 aliphatic heterocycles. The molecule has 2 heterocycles. The van der Waals surface area contributed by atoms with Crippen LogP contribution < -0.4 is 5.56 Å². The maximum Gasteiger partial charge on any atom is 0.260 e. The van der Waals surface area contributed by atoms with Crippen molar-refractivity contribution in [3.8, 4) is 22.4 Å². The van der Waals surface area contributed by atoms with Gasteiger partial charge in [0.05, 0.1) is 11.1 Å². The molecule has 0 fully saturated rings. The largest absolute Gasteiger partial charge is 0.310 e. The van der Waals surface area contributed by atoms with Crippen LogP contribution in [0.4, 0.5) is 0 Å². The predicted molar refractivity (Wildman–Crippen MR) is 115 cm³/mol. The van der Waals surface area contributed by atoms with Gasteiger partial charge in [0.25, 0.3) is 5.56 Å². The van der Waals surface area contributed by atoms with Crippen LogP contribution in [0.1, 0.15) is 25.6 Å². The minimum atomic E-state index is -0.206. The molecule has 0 bridgehead atoms. The third-order valence-electron chi connectivity index (χ3n) is 4.55. The lowest BCUT2D eigenvalue weighted by atomic mass is 9.98. The summed E-state index contributed by atoms with van der Waals surface area (Å²) in [4.78, 5) is 24.9. The summed E-state index contributed by atoms with van der Waals surface area (Å²) in [5.74, 6) is 0.688. The molecule has 0 saturated carbocycles. The second kappa shape index (κ2) is 7.38. The van der Waals surface area contributed by atoms with E-state index < -0.39 is 0 Å². The van der Waals surface area contributed by atoms with Gasteiger partial charge in [-0.2, -0.15) is 0 Å². The van der Waals surface area contributed by atoms with Gasteiger partial charge in [0.2, 0.25) is 0 Å². The number of rotatable bonds is 3. The molecule has 0 radical (unpaired) electrons. The smallest absolute Gasteiger partial charge is 0.260 e. The number of H-pyrrole nitrogens is 1. The summed E-state index contributed by atoms with van der Waals surface area (Å²) in [5, 5.41) is 1.65. The van der Waals surface area contributed by atoms with Crippen LogP contribution in [-0.2, 0) is 0 Å². The minimum absolute atomic E-state index is 0.0820. The van der Waals surface area contributed by atoms with E-state index in [1.807, 2.05) is 68.4 Å². The minimum Gasteiger partial charge on any atom is -0.310 e. The molecule has 0 aliphatic carbocycles. The van der Waals surface area contributed by atoms with E-state index in [0.29, 0.717) is 32.6 Å². The van der Waals surface area contributed by atoms with Crippen LogP contribution in [0, 0.1) is 0 Å². The van der Waals surface area contributed by atoms with E-state index in [9.17, 15) is 4.79 Å². The lowest BCUT2D eigenvalue weighted by Gasteiger charge is -2.13. The first-order valence-corrected chi connectivity index (χ1v) is 9.65. The van der Waals surface area contributed by atoms with Crippen LogP contribution in [0.15, 0.2) is 59.4 Å². The fourth-order valence-electron chi connectivity index (χ4n) is 3.06. The average molecular weight is 410 g/mol. The van der Waals surface area contributed by atoms with E-state index in [0.717, 1.165) is 16.7 Å².